The van der Waals surface area contributed by atoms with Gasteiger partial charge in [-0.15, -0.1) is 0 Å². The van der Waals surface area contributed by atoms with Crippen LogP contribution in [0.15, 0.2) is 24.3 Å². The predicted octanol–water partition coefficient (Wildman–Crippen LogP) is 2.81. The molecule has 2 nitrogen and oxygen atoms in total. The minimum Gasteiger partial charge on any atom is -0.327 e. The second-order valence-electron chi connectivity index (χ2n) is 6.38. The van der Waals surface area contributed by atoms with Gasteiger partial charge in [-0.3, -0.25) is 4.90 Å². The summed E-state index contributed by atoms with van der Waals surface area (Å²) in [6, 6.07) is 9.57. The Kier molecular flexibility index (Phi) is 3.90. The summed E-state index contributed by atoms with van der Waals surface area (Å²) in [5.74, 6) is 1.61. The van der Waals surface area contributed by atoms with Crippen LogP contribution in [0.3, 0.4) is 0 Å². The lowest BCUT2D eigenvalue weighted by molar-refractivity contribution is 0.259. The second-order valence-corrected chi connectivity index (χ2v) is 6.38. The number of benzene rings is 1. The smallest absolute Gasteiger partial charge is 0.0233 e. The number of hydrogen-bond donors (Lipinski definition) is 1. The van der Waals surface area contributed by atoms with Crippen LogP contribution in [0.1, 0.15) is 37.3 Å². The Labute approximate surface area is 117 Å². The van der Waals surface area contributed by atoms with Crippen LogP contribution in [0.4, 0.5) is 0 Å². The van der Waals surface area contributed by atoms with Crippen molar-refractivity contribution >= 4 is 0 Å². The lowest BCUT2D eigenvalue weighted by atomic mass is 9.78. The van der Waals surface area contributed by atoms with E-state index < -0.39 is 0 Å². The molecular weight excluding hydrogens is 232 g/mol. The SMILES string of the molecule is CCc1ccc(CN2CC3CCCC(N)C3C2)cc1. The molecule has 0 radical (unpaired) electrons. The number of nitrogens with two attached hydrogens (primary N) is 1. The molecule has 3 rings (SSSR count). The Balaban J connectivity index is 1.61. The Bertz CT molecular complexity index is 412. The Morgan fingerprint density at radius 2 is 1.84 bits per heavy atom. The maximum Gasteiger partial charge on any atom is 0.0233 e. The fraction of sp³-hybridized carbons (Fsp3) is 0.647. The lowest BCUT2D eigenvalue weighted by Gasteiger charge is -2.29. The quantitative estimate of drug-likeness (QED) is 0.903. The summed E-state index contributed by atoms with van der Waals surface area (Å²) in [4.78, 5) is 2.61. The van der Waals surface area contributed by atoms with Crippen LogP contribution in [-0.2, 0) is 13.0 Å². The molecule has 0 spiro atoms. The number of nitrogens with zero attached hydrogens (tertiary/aromatic N) is 1. The van der Waals surface area contributed by atoms with Gasteiger partial charge in [0.25, 0.3) is 0 Å². The Morgan fingerprint density at radius 1 is 1.11 bits per heavy atom. The van der Waals surface area contributed by atoms with Crippen molar-refractivity contribution in [2.24, 2.45) is 17.6 Å². The fourth-order valence-corrected chi connectivity index (χ4v) is 3.88. The second kappa shape index (κ2) is 5.64. The van der Waals surface area contributed by atoms with Crippen molar-refractivity contribution in [3.63, 3.8) is 0 Å². The number of hydrogen-bond acceptors (Lipinski definition) is 2. The van der Waals surface area contributed by atoms with Crippen LogP contribution < -0.4 is 5.73 Å². The van der Waals surface area contributed by atoms with Gasteiger partial charge in [-0.1, -0.05) is 37.6 Å². The van der Waals surface area contributed by atoms with Gasteiger partial charge < -0.3 is 5.73 Å². The molecule has 104 valence electrons. The molecule has 2 heteroatoms. The average molecular weight is 258 g/mol. The zero-order valence-electron chi connectivity index (χ0n) is 12.0. The molecular formula is C17H26N2. The maximum atomic E-state index is 6.29. The number of rotatable bonds is 3. The van der Waals surface area contributed by atoms with Crippen LogP contribution in [0, 0.1) is 11.8 Å². The van der Waals surface area contributed by atoms with Gasteiger partial charge in [0.15, 0.2) is 0 Å². The van der Waals surface area contributed by atoms with Gasteiger partial charge in [0, 0.05) is 25.7 Å². The third-order valence-electron chi connectivity index (χ3n) is 5.07. The molecule has 1 heterocycles. The first-order chi connectivity index (χ1) is 9.26. The molecule has 1 aliphatic carbocycles. The van der Waals surface area contributed by atoms with E-state index >= 15 is 0 Å². The van der Waals surface area contributed by atoms with Crippen molar-refractivity contribution in [1.29, 1.82) is 0 Å². The van der Waals surface area contributed by atoms with Crippen molar-refractivity contribution in [1.82, 2.24) is 4.90 Å². The number of fused-ring (bicyclic) bond motifs is 1. The molecule has 2 fully saturated rings. The van der Waals surface area contributed by atoms with Gasteiger partial charge >= 0.3 is 0 Å². The average Bonchev–Trinajstić information content (AvgIpc) is 2.84. The standard InChI is InChI=1S/C17H26N2/c1-2-13-6-8-14(9-7-13)10-19-11-15-4-3-5-17(18)16(15)12-19/h6-9,15-17H,2-5,10-12,18H2,1H3. The van der Waals surface area contributed by atoms with E-state index in [-0.39, 0.29) is 0 Å². The minimum absolute atomic E-state index is 0.450. The molecule has 0 bridgehead atoms. The summed E-state index contributed by atoms with van der Waals surface area (Å²) < 4.78 is 0. The molecule has 2 aliphatic rings. The number of aryl methyl sites for hydroxylation is 1. The van der Waals surface area contributed by atoms with E-state index in [1.165, 1.54) is 43.5 Å². The summed E-state index contributed by atoms with van der Waals surface area (Å²) in [7, 11) is 0. The van der Waals surface area contributed by atoms with E-state index in [1.54, 1.807) is 0 Å². The lowest BCUT2D eigenvalue weighted by Crippen LogP contribution is -2.38. The summed E-state index contributed by atoms with van der Waals surface area (Å²) in [5.41, 5.74) is 9.17. The van der Waals surface area contributed by atoms with Crippen LogP contribution in [-0.4, -0.2) is 24.0 Å². The zero-order valence-corrected chi connectivity index (χ0v) is 12.0. The largest absolute Gasteiger partial charge is 0.327 e. The van der Waals surface area contributed by atoms with Crippen LogP contribution in [0.5, 0.6) is 0 Å². The predicted molar refractivity (Wildman–Crippen MR) is 79.9 cm³/mol. The van der Waals surface area contributed by atoms with E-state index in [1.807, 2.05) is 0 Å². The van der Waals surface area contributed by atoms with Crippen molar-refractivity contribution < 1.29 is 0 Å². The summed E-state index contributed by atoms with van der Waals surface area (Å²) in [6.07, 6.45) is 5.09. The summed E-state index contributed by atoms with van der Waals surface area (Å²) >= 11 is 0. The van der Waals surface area contributed by atoms with E-state index in [4.69, 9.17) is 5.73 Å². The molecule has 1 aromatic carbocycles. The van der Waals surface area contributed by atoms with E-state index in [0.29, 0.717) is 6.04 Å². The van der Waals surface area contributed by atoms with Gasteiger partial charge in [0.1, 0.15) is 0 Å². The highest BCUT2D eigenvalue weighted by Gasteiger charge is 2.38. The normalized spacial score (nSPS) is 31.4. The first-order valence-electron chi connectivity index (χ1n) is 7.82. The molecule has 1 saturated carbocycles. The van der Waals surface area contributed by atoms with Crippen LogP contribution >= 0.6 is 0 Å². The topological polar surface area (TPSA) is 29.3 Å². The van der Waals surface area contributed by atoms with E-state index in [0.717, 1.165) is 24.8 Å². The monoisotopic (exact) mass is 258 g/mol. The Hall–Kier alpha value is -0.860. The fourth-order valence-electron chi connectivity index (χ4n) is 3.88. The first-order valence-corrected chi connectivity index (χ1v) is 7.82. The molecule has 0 aromatic heterocycles. The molecule has 3 atom stereocenters. The number of likely N-dealkylation sites (tertiary alicyclic amines) is 1. The third kappa shape index (κ3) is 2.85. The minimum atomic E-state index is 0.450. The molecule has 3 unspecified atom stereocenters. The van der Waals surface area contributed by atoms with Crippen molar-refractivity contribution in [3.8, 4) is 0 Å². The van der Waals surface area contributed by atoms with Gasteiger partial charge in [0.2, 0.25) is 0 Å². The third-order valence-corrected chi connectivity index (χ3v) is 5.07. The molecule has 1 aliphatic heterocycles. The first kappa shape index (κ1) is 13.1. The van der Waals surface area contributed by atoms with Crippen molar-refractivity contribution in [3.05, 3.63) is 35.4 Å². The Morgan fingerprint density at radius 3 is 2.53 bits per heavy atom. The maximum absolute atomic E-state index is 6.29. The van der Waals surface area contributed by atoms with Gasteiger partial charge in [-0.2, -0.15) is 0 Å². The van der Waals surface area contributed by atoms with Gasteiger partial charge in [-0.25, -0.2) is 0 Å². The molecule has 0 amide bonds. The van der Waals surface area contributed by atoms with Crippen molar-refractivity contribution in [2.75, 3.05) is 13.1 Å². The van der Waals surface area contributed by atoms with E-state index in [2.05, 4.69) is 36.1 Å². The highest BCUT2D eigenvalue weighted by Crippen LogP contribution is 2.35. The molecule has 1 aromatic rings. The van der Waals surface area contributed by atoms with Crippen LogP contribution in [0.25, 0.3) is 0 Å². The van der Waals surface area contributed by atoms with Gasteiger partial charge in [0.05, 0.1) is 0 Å². The molecule has 19 heavy (non-hydrogen) atoms. The highest BCUT2D eigenvalue weighted by molar-refractivity contribution is 5.22. The van der Waals surface area contributed by atoms with Crippen LogP contribution in [0.2, 0.25) is 0 Å². The highest BCUT2D eigenvalue weighted by atomic mass is 15.2. The summed E-state index contributed by atoms with van der Waals surface area (Å²) in [6.45, 7) is 5.78. The zero-order chi connectivity index (χ0) is 13.2. The van der Waals surface area contributed by atoms with Gasteiger partial charge in [-0.05, 0) is 42.2 Å². The molecule has 1 saturated heterocycles. The van der Waals surface area contributed by atoms with E-state index in [9.17, 15) is 0 Å². The van der Waals surface area contributed by atoms with Crippen molar-refractivity contribution in [2.45, 2.75) is 45.2 Å². The molecule has 2 N–H and O–H groups in total. The summed E-state index contributed by atoms with van der Waals surface area (Å²) in [5, 5.41) is 0.